The maximum Gasteiger partial charge on any atom is 0.356 e. The Labute approximate surface area is 198 Å². The van der Waals surface area contributed by atoms with E-state index in [-0.39, 0.29) is 23.4 Å². The topological polar surface area (TPSA) is 105 Å². The molecular weight excluding hydrogens is 440 g/mol. The molecule has 182 valence electrons. The van der Waals surface area contributed by atoms with Gasteiger partial charge in [0.05, 0.1) is 10.8 Å². The van der Waals surface area contributed by atoms with Crippen LogP contribution in [0.1, 0.15) is 67.2 Å². The van der Waals surface area contributed by atoms with Crippen LogP contribution in [0.2, 0.25) is 0 Å². The van der Waals surface area contributed by atoms with E-state index in [0.717, 1.165) is 0 Å². The summed E-state index contributed by atoms with van der Waals surface area (Å²) in [4.78, 5) is 51.1. The van der Waals surface area contributed by atoms with E-state index in [0.29, 0.717) is 25.7 Å². The fraction of sp³-hybridized carbons (Fsp3) is 0.615. The first-order chi connectivity index (χ1) is 15.7. The van der Waals surface area contributed by atoms with Gasteiger partial charge in [-0.15, -0.1) is 0 Å². The fourth-order valence-electron chi connectivity index (χ4n) is 6.36. The third-order valence-corrected chi connectivity index (χ3v) is 10.1. The Morgan fingerprint density at radius 2 is 0.971 bits per heavy atom. The van der Waals surface area contributed by atoms with E-state index in [9.17, 15) is 19.2 Å². The van der Waals surface area contributed by atoms with Crippen LogP contribution in [0.5, 0.6) is 11.5 Å². The van der Waals surface area contributed by atoms with Gasteiger partial charge in [-0.2, -0.15) is 0 Å². The van der Waals surface area contributed by atoms with Crippen LogP contribution in [0.15, 0.2) is 24.3 Å². The normalized spacial score (nSPS) is 38.4. The van der Waals surface area contributed by atoms with E-state index >= 15 is 0 Å². The minimum absolute atomic E-state index is 0.241. The molecule has 0 N–H and O–H groups in total. The average Bonchev–Trinajstić information content (AvgIpc) is 3.23. The summed E-state index contributed by atoms with van der Waals surface area (Å²) < 4.78 is 22.3. The smallest absolute Gasteiger partial charge is 0.356 e. The lowest BCUT2D eigenvalue weighted by Gasteiger charge is -2.34. The van der Waals surface area contributed by atoms with Crippen LogP contribution in [0, 0.1) is 21.7 Å². The predicted molar refractivity (Wildman–Crippen MR) is 118 cm³/mol. The molecule has 1 aromatic rings. The molecule has 0 aromatic heterocycles. The lowest BCUT2D eigenvalue weighted by atomic mass is 9.66. The first-order valence-electron chi connectivity index (χ1n) is 11.7. The number of hydrogen-bond donors (Lipinski definition) is 0. The van der Waals surface area contributed by atoms with E-state index in [2.05, 4.69) is 0 Å². The van der Waals surface area contributed by atoms with Crippen molar-refractivity contribution in [1.29, 1.82) is 0 Å². The van der Waals surface area contributed by atoms with Crippen LogP contribution >= 0.6 is 0 Å². The molecule has 4 aliphatic rings. The molecule has 4 bridgehead atoms. The molecule has 2 aliphatic heterocycles. The molecule has 1 aromatic carbocycles. The third-order valence-electron chi connectivity index (χ3n) is 10.1. The van der Waals surface area contributed by atoms with E-state index in [1.165, 1.54) is 24.3 Å². The zero-order chi connectivity index (χ0) is 24.9. The van der Waals surface area contributed by atoms with Crippen LogP contribution < -0.4 is 9.47 Å². The summed E-state index contributed by atoms with van der Waals surface area (Å²) in [5.41, 5.74) is -5.50. The van der Waals surface area contributed by atoms with E-state index in [1.54, 1.807) is 0 Å². The summed E-state index contributed by atoms with van der Waals surface area (Å²) >= 11 is 0. The Hall–Kier alpha value is -2.90. The molecule has 5 rings (SSSR count). The first-order valence-corrected chi connectivity index (χ1v) is 11.7. The average molecular weight is 471 g/mol. The zero-order valence-electron chi connectivity index (χ0n) is 20.4. The number of rotatable bonds is 4. The van der Waals surface area contributed by atoms with Crippen molar-refractivity contribution in [3.63, 3.8) is 0 Å². The second-order valence-corrected chi connectivity index (χ2v) is 11.6. The Balaban J connectivity index is 1.30. The second-order valence-electron chi connectivity index (χ2n) is 11.6. The minimum atomic E-state index is -1.32. The number of ether oxygens (including phenoxy) is 4. The highest BCUT2D eigenvalue weighted by Gasteiger charge is 2.77. The molecule has 2 aliphatic carbocycles. The summed E-state index contributed by atoms with van der Waals surface area (Å²) in [5, 5.41) is 0. The minimum Gasteiger partial charge on any atom is -0.446 e. The Kier molecular flexibility index (Phi) is 4.31. The van der Waals surface area contributed by atoms with Crippen molar-refractivity contribution in [2.45, 2.75) is 78.4 Å². The molecule has 4 atom stereocenters. The van der Waals surface area contributed by atoms with Crippen molar-refractivity contribution < 1.29 is 38.1 Å². The van der Waals surface area contributed by atoms with Crippen molar-refractivity contribution in [3.8, 4) is 11.5 Å². The number of carbonyl (C=O) groups excluding carboxylic acids is 4. The highest BCUT2D eigenvalue weighted by molar-refractivity contribution is 5.95. The van der Waals surface area contributed by atoms with Crippen LogP contribution in [-0.4, -0.2) is 35.1 Å². The van der Waals surface area contributed by atoms with Crippen molar-refractivity contribution >= 4 is 23.9 Å². The summed E-state index contributed by atoms with van der Waals surface area (Å²) in [7, 11) is 0. The molecule has 4 fully saturated rings. The van der Waals surface area contributed by atoms with E-state index in [4.69, 9.17) is 18.9 Å². The Bertz CT molecular complexity index is 1040. The highest BCUT2D eigenvalue weighted by atomic mass is 16.6. The largest absolute Gasteiger partial charge is 0.446 e. The molecule has 0 radical (unpaired) electrons. The fourth-order valence-corrected chi connectivity index (χ4v) is 6.36. The van der Waals surface area contributed by atoms with Crippen LogP contribution in [0.25, 0.3) is 0 Å². The lowest BCUT2D eigenvalue weighted by Crippen LogP contribution is -2.50. The summed E-state index contributed by atoms with van der Waals surface area (Å²) in [5.74, 6) is -1.49. The SMILES string of the molecule is CC12CCC(C(=O)Oc3ccc(OC(=O)C45CCC(C)(C(=O)O4)C5(C)C)cc3)(OC1=O)C2(C)C. The third kappa shape index (κ3) is 2.34. The Morgan fingerprint density at radius 1 is 0.647 bits per heavy atom. The van der Waals surface area contributed by atoms with Crippen molar-refractivity contribution in [1.82, 2.24) is 0 Å². The molecule has 0 spiro atoms. The number of carbonyl (C=O) groups is 4. The molecule has 8 nitrogen and oxygen atoms in total. The molecule has 8 heteroatoms. The van der Waals surface area contributed by atoms with Crippen molar-refractivity contribution in [2.24, 2.45) is 21.7 Å². The van der Waals surface area contributed by atoms with E-state index in [1.807, 2.05) is 41.5 Å². The van der Waals surface area contributed by atoms with Gasteiger partial charge in [0.1, 0.15) is 11.5 Å². The van der Waals surface area contributed by atoms with Crippen LogP contribution in [-0.2, 0) is 28.7 Å². The maximum absolute atomic E-state index is 13.1. The monoisotopic (exact) mass is 470 g/mol. The molecule has 0 amide bonds. The van der Waals surface area contributed by atoms with Crippen molar-refractivity contribution in [2.75, 3.05) is 0 Å². The van der Waals surface area contributed by atoms with Gasteiger partial charge < -0.3 is 18.9 Å². The van der Waals surface area contributed by atoms with Gasteiger partial charge in [0.25, 0.3) is 0 Å². The molecule has 4 unspecified atom stereocenters. The van der Waals surface area contributed by atoms with Gasteiger partial charge in [0, 0.05) is 10.8 Å². The number of hydrogen-bond acceptors (Lipinski definition) is 8. The molecule has 2 heterocycles. The van der Waals surface area contributed by atoms with E-state index < -0.39 is 44.8 Å². The molecule has 2 saturated carbocycles. The summed E-state index contributed by atoms with van der Waals surface area (Å²) in [6.07, 6.45) is 1.94. The van der Waals surface area contributed by atoms with Gasteiger partial charge in [0.2, 0.25) is 11.2 Å². The molecular formula is C26H30O8. The number of benzene rings is 1. The summed E-state index contributed by atoms with van der Waals surface area (Å²) in [6.45, 7) is 11.1. The predicted octanol–water partition coefficient (Wildman–Crippen LogP) is 3.74. The summed E-state index contributed by atoms with van der Waals surface area (Å²) in [6, 6.07) is 6.04. The van der Waals surface area contributed by atoms with Gasteiger partial charge in [-0.3, -0.25) is 9.59 Å². The maximum atomic E-state index is 13.1. The van der Waals surface area contributed by atoms with Gasteiger partial charge >= 0.3 is 23.9 Å². The molecule has 2 saturated heterocycles. The van der Waals surface area contributed by atoms with Crippen molar-refractivity contribution in [3.05, 3.63) is 24.3 Å². The number of fused-ring (bicyclic) bond motifs is 4. The quantitative estimate of drug-likeness (QED) is 0.484. The Morgan fingerprint density at radius 3 is 1.21 bits per heavy atom. The second kappa shape index (κ2) is 6.40. The highest BCUT2D eigenvalue weighted by Crippen LogP contribution is 2.67. The number of esters is 4. The van der Waals surface area contributed by atoms with Crippen LogP contribution in [0.3, 0.4) is 0 Å². The molecule has 34 heavy (non-hydrogen) atoms. The zero-order valence-corrected chi connectivity index (χ0v) is 20.4. The van der Waals surface area contributed by atoms with Gasteiger partial charge in [0.15, 0.2) is 0 Å². The first kappa shape index (κ1) is 22.9. The van der Waals surface area contributed by atoms with Gasteiger partial charge in [-0.25, -0.2) is 9.59 Å². The lowest BCUT2D eigenvalue weighted by molar-refractivity contribution is -0.176. The van der Waals surface area contributed by atoms with Gasteiger partial charge in [-0.05, 0) is 63.8 Å². The standard InChI is InChI=1S/C26H30O8/c1-21(2)23(5)11-13-25(21,33-17(23)27)19(29)31-15-7-9-16(10-8-15)32-20(30)26-14-12-24(6,18(28)34-26)22(26,3)4/h7-10H,11-14H2,1-6H3. The van der Waals surface area contributed by atoms with Crippen LogP contribution in [0.4, 0.5) is 0 Å². The van der Waals surface area contributed by atoms with Gasteiger partial charge in [-0.1, -0.05) is 27.7 Å².